The van der Waals surface area contributed by atoms with Crippen molar-refractivity contribution >= 4 is 34.0 Å². The molecule has 4 fully saturated rings. The Morgan fingerprint density at radius 3 is 2.15 bits per heavy atom. The van der Waals surface area contributed by atoms with Gasteiger partial charge in [-0.1, -0.05) is 30.3 Å². The largest absolute Gasteiger partial charge is 0.465 e. The van der Waals surface area contributed by atoms with Crippen molar-refractivity contribution in [2.75, 3.05) is 0 Å². The van der Waals surface area contributed by atoms with Gasteiger partial charge in [0.15, 0.2) is 0 Å². The van der Waals surface area contributed by atoms with Crippen molar-refractivity contribution in [1.29, 1.82) is 0 Å². The summed E-state index contributed by atoms with van der Waals surface area (Å²) in [6.07, 6.45) is 4.44. The molecule has 4 aliphatic rings. The van der Waals surface area contributed by atoms with E-state index in [4.69, 9.17) is 9.72 Å². The van der Waals surface area contributed by atoms with Crippen LogP contribution >= 0.6 is 0 Å². The zero-order valence-electron chi connectivity index (χ0n) is 26.0. The van der Waals surface area contributed by atoms with Gasteiger partial charge in [0.2, 0.25) is 0 Å². The molecule has 2 aliphatic heterocycles. The Balaban J connectivity index is 0.959. The van der Waals surface area contributed by atoms with Crippen LogP contribution in [0.25, 0.3) is 44.2 Å². The molecule has 0 bridgehead atoms. The number of ether oxygens (including phenoxy) is 1. The second-order valence-corrected chi connectivity index (χ2v) is 14.5. The number of carboxylic acid groups (broad SMARTS) is 1. The van der Waals surface area contributed by atoms with E-state index in [9.17, 15) is 14.7 Å². The van der Waals surface area contributed by atoms with Gasteiger partial charge in [-0.3, -0.25) is 9.80 Å². The van der Waals surface area contributed by atoms with Gasteiger partial charge in [0, 0.05) is 17.6 Å². The molecule has 2 aromatic heterocycles. The highest BCUT2D eigenvalue weighted by atomic mass is 16.6. The minimum absolute atomic E-state index is 0.102. The molecular formula is C36H36N6O4. The number of H-pyrrole nitrogens is 2. The zero-order valence-corrected chi connectivity index (χ0v) is 26.0. The van der Waals surface area contributed by atoms with Crippen molar-refractivity contribution < 1.29 is 19.4 Å². The molecule has 46 heavy (non-hydrogen) atoms. The fourth-order valence-electron chi connectivity index (χ4n) is 7.87. The summed E-state index contributed by atoms with van der Waals surface area (Å²) in [7, 11) is 0. The number of amides is 2. The topological polar surface area (TPSA) is 127 Å². The van der Waals surface area contributed by atoms with Crippen LogP contribution in [0.1, 0.15) is 70.2 Å². The number of nitrogens with one attached hydrogen (secondary N) is 2. The average Bonchev–Trinajstić information content (AvgIpc) is 3.64. The molecule has 2 saturated carbocycles. The third kappa shape index (κ3) is 4.53. The normalized spacial score (nSPS) is 26.4. The lowest BCUT2D eigenvalue weighted by molar-refractivity contribution is 0.0175. The molecule has 4 heterocycles. The van der Waals surface area contributed by atoms with E-state index in [0.717, 1.165) is 81.5 Å². The van der Waals surface area contributed by atoms with Gasteiger partial charge in [-0.2, -0.15) is 0 Å². The van der Waals surface area contributed by atoms with Crippen LogP contribution in [0, 0.1) is 11.8 Å². The van der Waals surface area contributed by atoms with Crippen LogP contribution in [0.3, 0.4) is 0 Å². The molecule has 0 spiro atoms. The second kappa shape index (κ2) is 9.57. The van der Waals surface area contributed by atoms with E-state index >= 15 is 0 Å². The fraction of sp³-hybridized carbons (Fsp3) is 0.389. The molecular weight excluding hydrogens is 580 g/mol. The maximum atomic E-state index is 13.1. The molecule has 9 rings (SSSR count). The Bertz CT molecular complexity index is 2060. The number of carbonyl (C=O) groups excluding carboxylic acids is 1. The Morgan fingerprint density at radius 1 is 0.804 bits per heavy atom. The van der Waals surface area contributed by atoms with Crippen LogP contribution in [0.15, 0.2) is 60.8 Å². The molecule has 234 valence electrons. The summed E-state index contributed by atoms with van der Waals surface area (Å²) in [5.41, 5.74) is 5.38. The molecule has 3 aromatic carbocycles. The van der Waals surface area contributed by atoms with Crippen LogP contribution in [0.5, 0.6) is 0 Å². The first-order valence-corrected chi connectivity index (χ1v) is 16.2. The van der Waals surface area contributed by atoms with E-state index in [2.05, 4.69) is 63.5 Å². The summed E-state index contributed by atoms with van der Waals surface area (Å²) in [5, 5.41) is 12.0. The first kappa shape index (κ1) is 27.5. The van der Waals surface area contributed by atoms with Gasteiger partial charge in [0.05, 0.1) is 35.0 Å². The standard InChI is InChI=1S/C36H36N6O4/c1-36(2,3)46-35(45)42-29-14-24(29)16-31(42)33-38-25-9-8-21(12-26(25)39-33)19-4-5-20-11-22(7-6-18(20)10-19)27-17-37-32(40-27)30-15-23-13-28(23)41(30)34(43)44/h4-12,17,23-24,28-31H,13-16H2,1-3H3,(H,37,40)(H,38,39)(H,43,44)/t23?,24?,28-,29-,30+,31+/m1/s1. The third-order valence-corrected chi connectivity index (χ3v) is 10.2. The third-order valence-electron chi connectivity index (χ3n) is 10.2. The summed E-state index contributed by atoms with van der Waals surface area (Å²) < 4.78 is 5.75. The number of aromatic nitrogens is 4. The zero-order chi connectivity index (χ0) is 31.5. The summed E-state index contributed by atoms with van der Waals surface area (Å²) >= 11 is 0. The maximum absolute atomic E-state index is 13.1. The van der Waals surface area contributed by atoms with E-state index in [1.807, 2.05) is 37.9 Å². The lowest BCUT2D eigenvalue weighted by Gasteiger charge is -2.29. The highest BCUT2D eigenvalue weighted by Gasteiger charge is 2.57. The average molecular weight is 617 g/mol. The van der Waals surface area contributed by atoms with E-state index in [1.165, 1.54) is 0 Å². The van der Waals surface area contributed by atoms with Crippen LogP contribution in [0.2, 0.25) is 0 Å². The number of hydrogen-bond acceptors (Lipinski definition) is 5. The highest BCUT2D eigenvalue weighted by molar-refractivity contribution is 5.92. The number of likely N-dealkylation sites (tertiary alicyclic amines) is 2. The smallest absolute Gasteiger partial charge is 0.411 e. The first-order valence-electron chi connectivity index (χ1n) is 16.2. The van der Waals surface area contributed by atoms with E-state index in [1.54, 1.807) is 4.90 Å². The molecule has 2 amide bonds. The van der Waals surface area contributed by atoms with Gasteiger partial charge < -0.3 is 19.8 Å². The predicted octanol–water partition coefficient (Wildman–Crippen LogP) is 7.66. The molecule has 2 unspecified atom stereocenters. The van der Waals surface area contributed by atoms with Gasteiger partial charge in [-0.25, -0.2) is 19.6 Å². The molecule has 5 aromatic rings. The molecule has 2 saturated heterocycles. The molecule has 10 nitrogen and oxygen atoms in total. The number of imidazole rings is 2. The number of benzene rings is 3. The van der Waals surface area contributed by atoms with E-state index < -0.39 is 11.7 Å². The molecule has 3 N–H and O–H groups in total. The van der Waals surface area contributed by atoms with Crippen LogP contribution in [0.4, 0.5) is 9.59 Å². The van der Waals surface area contributed by atoms with Crippen molar-refractivity contribution in [3.63, 3.8) is 0 Å². The van der Waals surface area contributed by atoms with Crippen LogP contribution in [-0.4, -0.2) is 64.7 Å². The van der Waals surface area contributed by atoms with E-state index in [-0.39, 0.29) is 30.3 Å². The molecule has 10 heteroatoms. The summed E-state index contributed by atoms with van der Waals surface area (Å²) in [4.78, 5) is 44.8. The van der Waals surface area contributed by atoms with Crippen molar-refractivity contribution in [3.8, 4) is 22.4 Å². The number of rotatable bonds is 4. The summed E-state index contributed by atoms with van der Waals surface area (Å²) in [6, 6.07) is 19.2. The number of fused-ring (bicyclic) bond motifs is 4. The summed E-state index contributed by atoms with van der Waals surface area (Å²) in [6.45, 7) is 5.71. The summed E-state index contributed by atoms with van der Waals surface area (Å²) in [5.74, 6) is 2.53. The lowest BCUT2D eigenvalue weighted by Crippen LogP contribution is -2.38. The predicted molar refractivity (Wildman–Crippen MR) is 173 cm³/mol. The number of piperidine rings is 2. The van der Waals surface area contributed by atoms with Crippen molar-refractivity contribution in [2.45, 2.75) is 76.2 Å². The van der Waals surface area contributed by atoms with Gasteiger partial charge in [-0.05, 0) is 104 Å². The Kier molecular flexibility index (Phi) is 5.71. The van der Waals surface area contributed by atoms with Crippen molar-refractivity contribution in [3.05, 3.63) is 72.4 Å². The monoisotopic (exact) mass is 616 g/mol. The number of carbonyl (C=O) groups is 2. The highest BCUT2D eigenvalue weighted by Crippen LogP contribution is 2.54. The van der Waals surface area contributed by atoms with Gasteiger partial charge in [0.25, 0.3) is 0 Å². The van der Waals surface area contributed by atoms with Gasteiger partial charge in [0.1, 0.15) is 17.2 Å². The van der Waals surface area contributed by atoms with Crippen molar-refractivity contribution in [2.24, 2.45) is 11.8 Å². The van der Waals surface area contributed by atoms with Gasteiger partial charge >= 0.3 is 12.2 Å². The van der Waals surface area contributed by atoms with E-state index in [0.29, 0.717) is 11.8 Å². The van der Waals surface area contributed by atoms with Crippen molar-refractivity contribution in [1.82, 2.24) is 29.7 Å². The lowest BCUT2D eigenvalue weighted by atomic mass is 9.99. The van der Waals surface area contributed by atoms with Crippen LogP contribution < -0.4 is 0 Å². The number of aromatic amines is 2. The quantitative estimate of drug-likeness (QED) is 0.190. The fourth-order valence-corrected chi connectivity index (χ4v) is 7.87. The minimum atomic E-state index is -0.864. The maximum Gasteiger partial charge on any atom is 0.411 e. The second-order valence-electron chi connectivity index (χ2n) is 14.5. The molecule has 6 atom stereocenters. The Labute approximate surface area is 265 Å². The number of hydrogen-bond donors (Lipinski definition) is 3. The molecule has 0 radical (unpaired) electrons. The molecule has 2 aliphatic carbocycles. The number of nitrogens with zero attached hydrogens (tertiary/aromatic N) is 4. The Morgan fingerprint density at radius 2 is 1.43 bits per heavy atom. The van der Waals surface area contributed by atoms with Crippen LogP contribution in [-0.2, 0) is 4.74 Å². The minimum Gasteiger partial charge on any atom is -0.465 e. The van der Waals surface area contributed by atoms with Gasteiger partial charge in [-0.15, -0.1) is 0 Å². The SMILES string of the molecule is CC(C)(C)OC(=O)N1[C@@H]2CC2C[C@H]1c1nc2ccc(-c3ccc4cc(-c5cnc([C@@H]6CC7C[C@H]7N6C(=O)O)[nH]5)ccc4c3)cc2[nH]1. The Hall–Kier alpha value is -4.86. The first-order chi connectivity index (χ1) is 22.1.